The molecule has 2 rings (SSSR count). The monoisotopic (exact) mass is 299 g/mol. The summed E-state index contributed by atoms with van der Waals surface area (Å²) in [5.41, 5.74) is 0. The summed E-state index contributed by atoms with van der Waals surface area (Å²) in [6.07, 6.45) is 3.31. The van der Waals surface area contributed by atoms with E-state index in [0.29, 0.717) is 12.6 Å². The lowest BCUT2D eigenvalue weighted by atomic mass is 9.95. The van der Waals surface area contributed by atoms with E-state index in [1.54, 1.807) is 0 Å². The molecule has 0 aliphatic carbocycles. The summed E-state index contributed by atoms with van der Waals surface area (Å²) >= 11 is 1.85. The predicted molar refractivity (Wildman–Crippen MR) is 81.0 cm³/mol. The Morgan fingerprint density at radius 3 is 3.05 bits per heavy atom. The highest BCUT2D eigenvalue weighted by atomic mass is 32.2. The molecule has 1 aliphatic heterocycles. The van der Waals surface area contributed by atoms with Crippen molar-refractivity contribution in [3.63, 3.8) is 0 Å². The molecule has 2 unspecified atom stereocenters. The van der Waals surface area contributed by atoms with Crippen molar-refractivity contribution in [2.45, 2.75) is 50.8 Å². The molecular weight excluding hydrogens is 274 g/mol. The molecule has 0 saturated carbocycles. The Balaban J connectivity index is 1.93. The van der Waals surface area contributed by atoms with Gasteiger partial charge in [-0.2, -0.15) is 16.7 Å². The molecule has 5 nitrogen and oxygen atoms in total. The van der Waals surface area contributed by atoms with E-state index < -0.39 is 0 Å². The number of nitrogens with one attached hydrogen (secondary N) is 1. The topological polar surface area (TPSA) is 60.2 Å². The van der Waals surface area contributed by atoms with E-state index in [1.807, 2.05) is 11.8 Å². The fraction of sp³-hybridized carbons (Fsp3) is 0.857. The Morgan fingerprint density at radius 2 is 2.25 bits per heavy atom. The third-order valence-corrected chi connectivity index (χ3v) is 4.55. The van der Waals surface area contributed by atoms with Gasteiger partial charge in [-0.05, 0) is 31.6 Å². The van der Waals surface area contributed by atoms with E-state index >= 15 is 0 Å². The maximum absolute atomic E-state index is 5.58. The third kappa shape index (κ3) is 4.46. The number of nitrogens with zero attached hydrogens (tertiary/aromatic N) is 2. The molecule has 0 amide bonds. The molecule has 2 heterocycles. The second-order valence-corrected chi connectivity index (χ2v) is 6.24. The quantitative estimate of drug-likeness (QED) is 0.745. The highest BCUT2D eigenvalue weighted by Gasteiger charge is 2.31. The molecule has 1 fully saturated rings. The minimum absolute atomic E-state index is 0.188. The van der Waals surface area contributed by atoms with Crippen molar-refractivity contribution in [2.24, 2.45) is 0 Å². The molecule has 1 saturated heterocycles. The second kappa shape index (κ2) is 8.64. The number of thioether (sulfide) groups is 1. The predicted octanol–water partition coefficient (Wildman–Crippen LogP) is 2.58. The van der Waals surface area contributed by atoms with Gasteiger partial charge < -0.3 is 14.6 Å². The Kier molecular flexibility index (Phi) is 6.82. The molecule has 1 aromatic rings. The zero-order valence-electron chi connectivity index (χ0n) is 12.4. The van der Waals surface area contributed by atoms with Gasteiger partial charge in [0.1, 0.15) is 0 Å². The van der Waals surface area contributed by atoms with Gasteiger partial charge in [-0.3, -0.25) is 0 Å². The summed E-state index contributed by atoms with van der Waals surface area (Å²) in [6, 6.07) is 0.389. The zero-order chi connectivity index (χ0) is 14.2. The molecule has 2 atom stereocenters. The van der Waals surface area contributed by atoms with Crippen LogP contribution in [-0.4, -0.2) is 41.7 Å². The number of hydrogen-bond acceptors (Lipinski definition) is 6. The van der Waals surface area contributed by atoms with Crippen molar-refractivity contribution >= 4 is 11.8 Å². The van der Waals surface area contributed by atoms with Gasteiger partial charge in [-0.1, -0.05) is 19.0 Å². The highest BCUT2D eigenvalue weighted by molar-refractivity contribution is 7.98. The first-order valence-corrected chi connectivity index (χ1v) is 8.72. The first-order valence-electron chi connectivity index (χ1n) is 7.56. The average Bonchev–Trinajstić information content (AvgIpc) is 2.94. The lowest BCUT2D eigenvalue weighted by Crippen LogP contribution is -2.41. The number of ether oxygens (including phenoxy) is 1. The maximum Gasteiger partial charge on any atom is 0.233 e. The molecule has 0 aromatic carbocycles. The molecule has 0 bridgehead atoms. The summed E-state index contributed by atoms with van der Waals surface area (Å²) in [6.45, 7) is 6.86. The highest BCUT2D eigenvalue weighted by Crippen LogP contribution is 2.25. The van der Waals surface area contributed by atoms with Crippen molar-refractivity contribution < 1.29 is 9.26 Å². The van der Waals surface area contributed by atoms with Gasteiger partial charge >= 0.3 is 0 Å². The lowest BCUT2D eigenvalue weighted by molar-refractivity contribution is 0.0498. The van der Waals surface area contributed by atoms with Gasteiger partial charge in [0.2, 0.25) is 5.89 Å². The van der Waals surface area contributed by atoms with Crippen LogP contribution in [-0.2, 0) is 10.5 Å². The summed E-state index contributed by atoms with van der Waals surface area (Å²) in [7, 11) is 0. The summed E-state index contributed by atoms with van der Waals surface area (Å²) in [5.74, 6) is 3.69. The van der Waals surface area contributed by atoms with Crippen LogP contribution in [0.1, 0.15) is 50.7 Å². The van der Waals surface area contributed by atoms with Crippen LogP contribution in [0.5, 0.6) is 0 Å². The standard InChI is InChI=1S/C14H25N3O2S/c1-3-6-15-12-5-7-18-9-11(12)14-16-13(17-19-14)10-20-8-4-2/h11-12,15H,3-10H2,1-2H3. The van der Waals surface area contributed by atoms with Crippen molar-refractivity contribution in [3.05, 3.63) is 11.7 Å². The van der Waals surface area contributed by atoms with Gasteiger partial charge in [-0.15, -0.1) is 0 Å². The Labute approximate surface area is 125 Å². The number of rotatable bonds is 8. The van der Waals surface area contributed by atoms with Crippen LogP contribution in [0.3, 0.4) is 0 Å². The molecule has 114 valence electrons. The van der Waals surface area contributed by atoms with Crippen LogP contribution in [0.15, 0.2) is 4.52 Å². The van der Waals surface area contributed by atoms with Crippen molar-refractivity contribution in [1.29, 1.82) is 0 Å². The molecule has 1 N–H and O–H groups in total. The Bertz CT molecular complexity index is 386. The molecule has 1 aliphatic rings. The summed E-state index contributed by atoms with van der Waals surface area (Å²) < 4.78 is 11.0. The minimum atomic E-state index is 0.188. The number of hydrogen-bond donors (Lipinski definition) is 1. The Morgan fingerprint density at radius 1 is 1.35 bits per heavy atom. The van der Waals surface area contributed by atoms with Crippen LogP contribution in [0.2, 0.25) is 0 Å². The zero-order valence-corrected chi connectivity index (χ0v) is 13.2. The van der Waals surface area contributed by atoms with Crippen molar-refractivity contribution in [1.82, 2.24) is 15.5 Å². The molecule has 0 radical (unpaired) electrons. The van der Waals surface area contributed by atoms with Crippen LogP contribution in [0.4, 0.5) is 0 Å². The molecule has 0 spiro atoms. The van der Waals surface area contributed by atoms with Crippen LogP contribution < -0.4 is 5.32 Å². The third-order valence-electron chi connectivity index (χ3n) is 3.39. The van der Waals surface area contributed by atoms with E-state index in [1.165, 1.54) is 6.42 Å². The largest absolute Gasteiger partial charge is 0.381 e. The average molecular weight is 299 g/mol. The maximum atomic E-state index is 5.58. The van der Waals surface area contributed by atoms with E-state index in [9.17, 15) is 0 Å². The van der Waals surface area contributed by atoms with Crippen molar-refractivity contribution in [2.75, 3.05) is 25.5 Å². The van der Waals surface area contributed by atoms with Crippen molar-refractivity contribution in [3.8, 4) is 0 Å². The first kappa shape index (κ1) is 15.8. The second-order valence-electron chi connectivity index (χ2n) is 5.13. The smallest absolute Gasteiger partial charge is 0.233 e. The van der Waals surface area contributed by atoms with E-state index in [2.05, 4.69) is 29.3 Å². The van der Waals surface area contributed by atoms with Gasteiger partial charge in [0.05, 0.1) is 18.3 Å². The van der Waals surface area contributed by atoms with E-state index in [-0.39, 0.29) is 5.92 Å². The number of aromatic nitrogens is 2. The molecule has 20 heavy (non-hydrogen) atoms. The Hall–Kier alpha value is -0.590. The fourth-order valence-corrected chi connectivity index (χ4v) is 3.07. The van der Waals surface area contributed by atoms with Gasteiger partial charge in [0, 0.05) is 12.6 Å². The SMILES string of the molecule is CCCNC1CCOCC1c1nc(CSCCC)no1. The minimum Gasteiger partial charge on any atom is -0.381 e. The van der Waals surface area contributed by atoms with Gasteiger partial charge in [-0.25, -0.2) is 0 Å². The first-order chi connectivity index (χ1) is 9.85. The lowest BCUT2D eigenvalue weighted by Gasteiger charge is -2.29. The fourth-order valence-electron chi connectivity index (χ4n) is 2.34. The molecule has 1 aromatic heterocycles. The van der Waals surface area contributed by atoms with Crippen LogP contribution >= 0.6 is 11.8 Å². The molecular formula is C14H25N3O2S. The van der Waals surface area contributed by atoms with Crippen LogP contribution in [0, 0.1) is 0 Å². The van der Waals surface area contributed by atoms with Gasteiger partial charge in [0.25, 0.3) is 0 Å². The normalized spacial score (nSPS) is 23.1. The van der Waals surface area contributed by atoms with E-state index in [0.717, 1.165) is 49.2 Å². The van der Waals surface area contributed by atoms with Crippen LogP contribution in [0.25, 0.3) is 0 Å². The molecule has 6 heteroatoms. The van der Waals surface area contributed by atoms with E-state index in [4.69, 9.17) is 9.26 Å². The summed E-state index contributed by atoms with van der Waals surface area (Å²) in [5, 5.41) is 7.66. The summed E-state index contributed by atoms with van der Waals surface area (Å²) in [4.78, 5) is 4.55. The van der Waals surface area contributed by atoms with Gasteiger partial charge in [0.15, 0.2) is 5.82 Å².